The average molecular weight is 388 g/mol. The maximum absolute atomic E-state index is 12.3. The molecular weight excluding hydrogens is 364 g/mol. The topological polar surface area (TPSA) is 97.0 Å². The third-order valence-electron chi connectivity index (χ3n) is 4.44. The lowest BCUT2D eigenvalue weighted by atomic mass is 9.90. The second-order valence-electron chi connectivity index (χ2n) is 6.71. The number of hydrogen-bond donors (Lipinski definition) is 1. The largest absolute Gasteiger partial charge is 0.454 e. The van der Waals surface area contributed by atoms with Crippen LogP contribution >= 0.6 is 11.8 Å². The van der Waals surface area contributed by atoms with Gasteiger partial charge in [-0.25, -0.2) is 4.98 Å². The highest BCUT2D eigenvalue weighted by Gasteiger charge is 2.30. The molecule has 1 amide bonds. The minimum Gasteiger partial charge on any atom is -0.454 e. The number of aromatic nitrogens is 2. The number of carbonyl (C=O) groups is 2. The van der Waals surface area contributed by atoms with Gasteiger partial charge in [-0.3, -0.25) is 9.59 Å². The highest BCUT2D eigenvalue weighted by molar-refractivity contribution is 7.97. The molecule has 0 aliphatic carbocycles. The number of carbonyl (C=O) groups excluding carboxylic acids is 2. The van der Waals surface area contributed by atoms with Crippen LogP contribution in [0.15, 0.2) is 24.3 Å². The molecule has 0 aliphatic heterocycles. The molecule has 0 saturated carbocycles. The number of ether oxygens (including phenoxy) is 1. The van der Waals surface area contributed by atoms with Crippen LogP contribution in [0.5, 0.6) is 0 Å². The molecule has 2 rings (SSSR count). The standard InChI is InChI=1S/C19H24N4O3S/c1-13(2)19(3,12-20)22-17(24)10-26-18(25)9-23-15-8-6-5-7-14(15)21-16(23)11-27-4/h5-8,13H,9-11H2,1-4H3,(H,22,24)/t19-/m1/s1. The first-order valence-electron chi connectivity index (χ1n) is 8.61. The van der Waals surface area contributed by atoms with Gasteiger partial charge in [0.15, 0.2) is 6.61 Å². The Labute approximate surface area is 163 Å². The Morgan fingerprint density at radius 3 is 2.74 bits per heavy atom. The van der Waals surface area contributed by atoms with E-state index in [9.17, 15) is 14.9 Å². The van der Waals surface area contributed by atoms with Crippen LogP contribution in [0, 0.1) is 17.2 Å². The lowest BCUT2D eigenvalue weighted by molar-refractivity contribution is -0.149. The van der Waals surface area contributed by atoms with Crippen LogP contribution in [-0.4, -0.2) is 39.8 Å². The molecule has 144 valence electrons. The van der Waals surface area contributed by atoms with Gasteiger partial charge in [-0.2, -0.15) is 17.0 Å². The third-order valence-corrected chi connectivity index (χ3v) is 4.99. The molecule has 27 heavy (non-hydrogen) atoms. The molecule has 0 spiro atoms. The Bertz CT molecular complexity index is 871. The van der Waals surface area contributed by atoms with Crippen molar-refractivity contribution in [2.75, 3.05) is 12.9 Å². The molecule has 1 atom stereocenters. The molecule has 0 unspecified atom stereocenters. The average Bonchev–Trinajstić information content (AvgIpc) is 2.97. The summed E-state index contributed by atoms with van der Waals surface area (Å²) in [5.74, 6) is 0.340. The van der Waals surface area contributed by atoms with E-state index in [1.165, 1.54) is 0 Å². The second kappa shape index (κ2) is 8.91. The Morgan fingerprint density at radius 1 is 1.41 bits per heavy atom. The molecule has 8 heteroatoms. The number of fused-ring (bicyclic) bond motifs is 1. The Balaban J connectivity index is 2.02. The molecule has 7 nitrogen and oxygen atoms in total. The third kappa shape index (κ3) is 5.01. The fraction of sp³-hybridized carbons (Fsp3) is 0.474. The summed E-state index contributed by atoms with van der Waals surface area (Å²) < 4.78 is 6.92. The SMILES string of the molecule is CSCc1nc2ccccc2n1CC(=O)OCC(=O)N[C@](C)(C#N)C(C)C. The summed E-state index contributed by atoms with van der Waals surface area (Å²) >= 11 is 1.61. The maximum Gasteiger partial charge on any atom is 0.326 e. The zero-order valence-corrected chi connectivity index (χ0v) is 16.8. The smallest absolute Gasteiger partial charge is 0.326 e. The first-order chi connectivity index (χ1) is 12.8. The number of imidazole rings is 1. The van der Waals surface area contributed by atoms with E-state index in [1.807, 2.05) is 44.4 Å². The van der Waals surface area contributed by atoms with Crippen molar-refractivity contribution in [2.24, 2.45) is 5.92 Å². The van der Waals surface area contributed by atoms with Crippen molar-refractivity contribution in [1.82, 2.24) is 14.9 Å². The van der Waals surface area contributed by atoms with Gasteiger partial charge >= 0.3 is 5.97 Å². The molecule has 2 aromatic rings. The zero-order chi connectivity index (χ0) is 20.0. The summed E-state index contributed by atoms with van der Waals surface area (Å²) in [7, 11) is 0. The summed E-state index contributed by atoms with van der Waals surface area (Å²) in [5.41, 5.74) is 0.656. The molecule has 0 fully saturated rings. The van der Waals surface area contributed by atoms with E-state index in [-0.39, 0.29) is 12.5 Å². The number of rotatable bonds is 8. The Kier molecular flexibility index (Phi) is 6.86. The molecule has 0 aliphatic rings. The number of nitrogens with one attached hydrogen (secondary N) is 1. The van der Waals surface area contributed by atoms with E-state index >= 15 is 0 Å². The second-order valence-corrected chi connectivity index (χ2v) is 7.58. The Hall–Kier alpha value is -2.53. The van der Waals surface area contributed by atoms with Crippen molar-refractivity contribution in [3.05, 3.63) is 30.1 Å². The molecule has 0 bridgehead atoms. The van der Waals surface area contributed by atoms with Crippen LogP contribution in [0.3, 0.4) is 0 Å². The molecular formula is C19H24N4O3S. The molecule has 1 N–H and O–H groups in total. The van der Waals surface area contributed by atoms with Gasteiger partial charge in [-0.1, -0.05) is 26.0 Å². The molecule has 1 aromatic heterocycles. The van der Waals surface area contributed by atoms with Gasteiger partial charge < -0.3 is 14.6 Å². The van der Waals surface area contributed by atoms with E-state index in [0.29, 0.717) is 5.75 Å². The van der Waals surface area contributed by atoms with Gasteiger partial charge in [0.25, 0.3) is 5.91 Å². The fourth-order valence-corrected chi connectivity index (χ4v) is 2.97. The highest BCUT2D eigenvalue weighted by Crippen LogP contribution is 2.19. The lowest BCUT2D eigenvalue weighted by Gasteiger charge is -2.27. The van der Waals surface area contributed by atoms with E-state index in [2.05, 4.69) is 16.4 Å². The van der Waals surface area contributed by atoms with Crippen LogP contribution in [0.1, 0.15) is 26.6 Å². The number of amides is 1. The summed E-state index contributed by atoms with van der Waals surface area (Å²) in [4.78, 5) is 28.9. The molecule has 1 heterocycles. The van der Waals surface area contributed by atoms with Crippen LogP contribution < -0.4 is 5.32 Å². The van der Waals surface area contributed by atoms with Gasteiger partial charge in [0.1, 0.15) is 17.9 Å². The summed E-state index contributed by atoms with van der Waals surface area (Å²) in [5, 5.41) is 11.9. The molecule has 0 saturated heterocycles. The van der Waals surface area contributed by atoms with E-state index in [1.54, 1.807) is 23.3 Å². The predicted molar refractivity (Wildman–Crippen MR) is 105 cm³/mol. The van der Waals surface area contributed by atoms with Crippen molar-refractivity contribution >= 4 is 34.7 Å². The van der Waals surface area contributed by atoms with Crippen molar-refractivity contribution in [3.63, 3.8) is 0 Å². The van der Waals surface area contributed by atoms with Crippen LogP contribution in [-0.2, 0) is 26.6 Å². The first-order valence-corrected chi connectivity index (χ1v) is 10.0. The van der Waals surface area contributed by atoms with Gasteiger partial charge in [0.05, 0.1) is 22.9 Å². The number of benzene rings is 1. The minimum atomic E-state index is -1.00. The van der Waals surface area contributed by atoms with Crippen molar-refractivity contribution in [2.45, 2.75) is 38.6 Å². The number of esters is 1. The summed E-state index contributed by atoms with van der Waals surface area (Å²) in [6.07, 6.45) is 1.97. The molecule has 1 aromatic carbocycles. The van der Waals surface area contributed by atoms with Crippen molar-refractivity contribution in [3.8, 4) is 6.07 Å². The minimum absolute atomic E-state index is 0.0244. The van der Waals surface area contributed by atoms with Crippen molar-refractivity contribution in [1.29, 1.82) is 5.26 Å². The van der Waals surface area contributed by atoms with Gasteiger partial charge in [-0.15, -0.1) is 0 Å². The fourth-order valence-electron chi connectivity index (χ4n) is 2.49. The van der Waals surface area contributed by atoms with Gasteiger partial charge in [0, 0.05) is 0 Å². The van der Waals surface area contributed by atoms with Gasteiger partial charge in [-0.05, 0) is 31.2 Å². The highest BCUT2D eigenvalue weighted by atomic mass is 32.2. The van der Waals surface area contributed by atoms with E-state index in [4.69, 9.17) is 4.74 Å². The molecule has 0 radical (unpaired) electrons. The number of hydrogen-bond acceptors (Lipinski definition) is 6. The zero-order valence-electron chi connectivity index (χ0n) is 16.0. The van der Waals surface area contributed by atoms with E-state index < -0.39 is 24.0 Å². The maximum atomic E-state index is 12.3. The number of para-hydroxylation sites is 2. The lowest BCUT2D eigenvalue weighted by Crippen LogP contribution is -2.50. The van der Waals surface area contributed by atoms with Crippen LogP contribution in [0.4, 0.5) is 0 Å². The van der Waals surface area contributed by atoms with E-state index in [0.717, 1.165) is 16.9 Å². The number of nitrogens with zero attached hydrogens (tertiary/aromatic N) is 3. The van der Waals surface area contributed by atoms with Gasteiger partial charge in [0.2, 0.25) is 0 Å². The Morgan fingerprint density at radius 2 is 2.11 bits per heavy atom. The summed E-state index contributed by atoms with van der Waals surface area (Å²) in [6, 6.07) is 9.66. The summed E-state index contributed by atoms with van der Waals surface area (Å²) in [6.45, 7) is 4.88. The van der Waals surface area contributed by atoms with Crippen LogP contribution in [0.25, 0.3) is 11.0 Å². The quantitative estimate of drug-likeness (QED) is 0.698. The normalized spacial score (nSPS) is 13.2. The van der Waals surface area contributed by atoms with Crippen LogP contribution in [0.2, 0.25) is 0 Å². The monoisotopic (exact) mass is 388 g/mol. The first kappa shape index (κ1) is 20.8. The predicted octanol–water partition coefficient (Wildman–Crippen LogP) is 2.50. The van der Waals surface area contributed by atoms with Crippen molar-refractivity contribution < 1.29 is 14.3 Å². The number of nitriles is 1. The number of thioether (sulfide) groups is 1.